The third kappa shape index (κ3) is 6.11. The van der Waals surface area contributed by atoms with E-state index in [1.807, 2.05) is 12.1 Å². The van der Waals surface area contributed by atoms with Crippen molar-refractivity contribution in [3.8, 4) is 5.75 Å². The van der Waals surface area contributed by atoms with Crippen molar-refractivity contribution in [3.05, 3.63) is 40.2 Å². The summed E-state index contributed by atoms with van der Waals surface area (Å²) in [6.07, 6.45) is 4.15. The molecule has 8 nitrogen and oxygen atoms in total. The maximum absolute atomic E-state index is 12.9. The van der Waals surface area contributed by atoms with Gasteiger partial charge in [-0.1, -0.05) is 32.4 Å². The number of aromatic hydroxyl groups is 1. The van der Waals surface area contributed by atoms with E-state index in [1.54, 1.807) is 0 Å². The van der Waals surface area contributed by atoms with Crippen molar-refractivity contribution >= 4 is 17.3 Å². The number of hydrogen-bond acceptors (Lipinski definition) is 6. The smallest absolute Gasteiger partial charge is 0.170 e. The molecule has 0 fully saturated rings. The lowest BCUT2D eigenvalue weighted by Crippen LogP contribution is -2.35. The molecule has 2 aliphatic rings. The predicted molar refractivity (Wildman–Crippen MR) is 132 cm³/mol. The lowest BCUT2D eigenvalue weighted by atomic mass is 9.70. The average Bonchev–Trinajstić information content (AvgIpc) is 2.69. The number of phenolic OH excluding ortho intramolecular Hbond substituents is 1. The number of carbonyl (C=O) groups is 3. The van der Waals surface area contributed by atoms with Gasteiger partial charge >= 0.3 is 0 Å². The second-order valence-electron chi connectivity index (χ2n) is 9.82. The highest BCUT2D eigenvalue weighted by molar-refractivity contribution is 6.20. The average molecular weight is 483 g/mol. The molecule has 8 heteroatoms. The molecule has 0 aromatic heterocycles. The molecular weight excluding hydrogens is 440 g/mol. The van der Waals surface area contributed by atoms with Gasteiger partial charge in [0.25, 0.3) is 0 Å². The van der Waals surface area contributed by atoms with Gasteiger partial charge in [-0.05, 0) is 61.5 Å². The highest BCUT2D eigenvalue weighted by atomic mass is 16.3. The van der Waals surface area contributed by atoms with Crippen LogP contribution in [0.3, 0.4) is 0 Å². The number of carbonyl (C=O) groups excluding carboxylic acids is 3. The fraction of sp³-hybridized carbons (Fsp3) is 0.577. The maximum atomic E-state index is 12.9. The third-order valence-electron chi connectivity index (χ3n) is 6.92. The first-order valence-corrected chi connectivity index (χ1v) is 11.6. The molecule has 0 saturated carbocycles. The second kappa shape index (κ2) is 12.2. The van der Waals surface area contributed by atoms with Gasteiger partial charge in [-0.2, -0.15) is 0 Å². The normalized spacial score (nSPS) is 22.2. The fourth-order valence-electron chi connectivity index (χ4n) is 5.30. The van der Waals surface area contributed by atoms with E-state index >= 15 is 0 Å². The summed E-state index contributed by atoms with van der Waals surface area (Å²) >= 11 is 0. The van der Waals surface area contributed by atoms with Gasteiger partial charge in [0.2, 0.25) is 0 Å². The Bertz CT molecular complexity index is 958. The van der Waals surface area contributed by atoms with E-state index in [2.05, 4.69) is 13.8 Å². The lowest BCUT2D eigenvalue weighted by Gasteiger charge is -2.34. The molecule has 0 radical (unpaired) electrons. The number of Topliss-reactive ketones (excluding diaryl/α,β-unsaturated/α-hetero) is 3. The number of phenols is 1. The van der Waals surface area contributed by atoms with Crippen LogP contribution in [0.1, 0.15) is 77.2 Å². The van der Waals surface area contributed by atoms with Crippen molar-refractivity contribution in [1.29, 1.82) is 0 Å². The topological polar surface area (TPSA) is 175 Å². The summed E-state index contributed by atoms with van der Waals surface area (Å²) in [6, 6.07) is 3.82. The van der Waals surface area contributed by atoms with Crippen molar-refractivity contribution in [2.45, 2.75) is 65.7 Å². The van der Waals surface area contributed by atoms with Gasteiger partial charge in [0.15, 0.2) is 17.3 Å². The van der Waals surface area contributed by atoms with Crippen LogP contribution in [0.4, 0.5) is 0 Å². The molecule has 2 aliphatic carbocycles. The Balaban J connectivity index is 0. The molecule has 3 rings (SSSR count). The van der Waals surface area contributed by atoms with E-state index in [0.717, 1.165) is 30.4 Å². The zero-order chi connectivity index (χ0) is 23.6. The van der Waals surface area contributed by atoms with Gasteiger partial charge in [-0.3, -0.25) is 14.4 Å². The molecule has 0 heterocycles. The zero-order valence-corrected chi connectivity index (χ0v) is 20.2. The number of hydrogen-bond donors (Lipinski definition) is 3. The predicted octanol–water partition coefficient (Wildman–Crippen LogP) is 2.95. The summed E-state index contributed by atoms with van der Waals surface area (Å²) in [4.78, 5) is 37.1. The first-order valence-electron chi connectivity index (χ1n) is 11.6. The number of aryl methyl sites for hydroxylation is 1. The van der Waals surface area contributed by atoms with E-state index in [4.69, 9.17) is 0 Å². The third-order valence-corrected chi connectivity index (χ3v) is 6.92. The van der Waals surface area contributed by atoms with E-state index < -0.39 is 17.5 Å². The van der Waals surface area contributed by atoms with E-state index in [-0.39, 0.29) is 68.0 Å². The Morgan fingerprint density at radius 3 is 2.35 bits per heavy atom. The van der Waals surface area contributed by atoms with Crippen LogP contribution in [0.5, 0.6) is 5.75 Å². The molecule has 0 aliphatic heterocycles. The molecule has 0 saturated heterocycles. The summed E-state index contributed by atoms with van der Waals surface area (Å²) in [7, 11) is 0. The highest BCUT2D eigenvalue weighted by Gasteiger charge is 2.40. The van der Waals surface area contributed by atoms with Gasteiger partial charge in [-0.15, -0.1) is 0 Å². The van der Waals surface area contributed by atoms with Gasteiger partial charge in [0, 0.05) is 21.6 Å². The van der Waals surface area contributed by atoms with Crippen molar-refractivity contribution < 1.29 is 43.5 Å². The maximum Gasteiger partial charge on any atom is 0.170 e. The van der Waals surface area contributed by atoms with Gasteiger partial charge in [0.1, 0.15) is 11.5 Å². The monoisotopic (exact) mass is 482 g/mol. The van der Waals surface area contributed by atoms with E-state index in [1.165, 1.54) is 6.92 Å². The summed E-state index contributed by atoms with van der Waals surface area (Å²) in [5, 5.41) is 31.0. The highest BCUT2D eigenvalue weighted by Crippen LogP contribution is 2.41. The molecule has 194 valence electrons. The first kappa shape index (κ1) is 29.5. The van der Waals surface area contributed by atoms with Crippen molar-refractivity contribution in [2.24, 2.45) is 23.7 Å². The Hall–Kier alpha value is -2.55. The Morgan fingerprint density at radius 2 is 1.76 bits per heavy atom. The molecule has 0 amide bonds. The van der Waals surface area contributed by atoms with Crippen LogP contribution in [-0.4, -0.2) is 50.2 Å². The largest absolute Gasteiger partial charge is 0.511 e. The molecule has 3 unspecified atom stereocenters. The Morgan fingerprint density at radius 1 is 1.09 bits per heavy atom. The summed E-state index contributed by atoms with van der Waals surface area (Å²) in [5.41, 5.74) is 1.83. The van der Waals surface area contributed by atoms with Crippen LogP contribution in [0.15, 0.2) is 23.5 Å². The number of aliphatic hydroxyl groups excluding tert-OH is 2. The van der Waals surface area contributed by atoms with E-state index in [0.29, 0.717) is 24.3 Å². The number of benzene rings is 1. The van der Waals surface area contributed by atoms with Crippen LogP contribution >= 0.6 is 0 Å². The summed E-state index contributed by atoms with van der Waals surface area (Å²) in [6.45, 7) is 5.19. The molecular formula is C26H42O8. The van der Waals surface area contributed by atoms with Crippen LogP contribution in [-0.2, 0) is 22.4 Å². The van der Waals surface area contributed by atoms with Crippen molar-refractivity contribution in [3.63, 3.8) is 0 Å². The minimum atomic E-state index is -0.681. The lowest BCUT2D eigenvalue weighted by molar-refractivity contribution is -0.123. The standard InChI is InChI=1S/C26H34O6.2H2O.2H2/c1-14(2)5-4-6-17-7-8-18-9-16(11-21(29)24(18)25(17)31)10-19-12-22(30)23(15(3)28)26(32)20(19)13-27;;;;/h7-8,14,16,19-20,27,31-32H,4-6,9-13H2,1-3H3;2*1H2;2*1H. The fourth-order valence-corrected chi connectivity index (χ4v) is 5.30. The first-order chi connectivity index (χ1) is 15.1. The van der Waals surface area contributed by atoms with Crippen molar-refractivity contribution in [1.82, 2.24) is 0 Å². The summed E-state index contributed by atoms with van der Waals surface area (Å²) < 4.78 is 0. The van der Waals surface area contributed by atoms with Crippen LogP contribution in [0.2, 0.25) is 0 Å². The van der Waals surface area contributed by atoms with E-state index in [9.17, 15) is 29.7 Å². The molecule has 34 heavy (non-hydrogen) atoms. The number of fused-ring (bicyclic) bond motifs is 1. The van der Waals surface area contributed by atoms with Crippen LogP contribution in [0.25, 0.3) is 0 Å². The van der Waals surface area contributed by atoms with Crippen LogP contribution < -0.4 is 0 Å². The SMILES string of the molecule is CC(=O)C1=C(O)C(CO)C(CC2CC(=O)c3c(ccc(CCCC(C)C)c3O)C2)CC1=O.O.O.[HH].[HH]. The zero-order valence-electron chi connectivity index (χ0n) is 20.2. The number of allylic oxidation sites excluding steroid dienone is 1. The van der Waals surface area contributed by atoms with Gasteiger partial charge in [0.05, 0.1) is 17.7 Å². The van der Waals surface area contributed by atoms with Crippen molar-refractivity contribution in [2.75, 3.05) is 6.61 Å². The van der Waals surface area contributed by atoms with Gasteiger partial charge in [-0.25, -0.2) is 0 Å². The minimum Gasteiger partial charge on any atom is -0.511 e. The molecule has 7 N–H and O–H groups in total. The summed E-state index contributed by atoms with van der Waals surface area (Å²) in [5.74, 6) is -1.71. The molecule has 0 spiro atoms. The molecule has 1 aromatic rings. The minimum absolute atomic E-state index is 0. The number of ketones is 3. The molecule has 3 atom stereocenters. The molecule has 1 aromatic carbocycles. The quantitative estimate of drug-likeness (QED) is 0.480. The second-order valence-corrected chi connectivity index (χ2v) is 9.82. The molecule has 0 bridgehead atoms. The number of aliphatic hydroxyl groups is 2. The number of rotatable bonds is 8. The van der Waals surface area contributed by atoms with Gasteiger partial charge < -0.3 is 26.3 Å². The van der Waals surface area contributed by atoms with Crippen LogP contribution in [0, 0.1) is 23.7 Å². The Kier molecular flexibility index (Phi) is 10.6. The Labute approximate surface area is 203 Å².